The minimum absolute atomic E-state index is 0.188. The van der Waals surface area contributed by atoms with E-state index in [4.69, 9.17) is 21.6 Å². The van der Waals surface area contributed by atoms with Crippen LogP contribution in [0.1, 0.15) is 12.0 Å². The Balaban J connectivity index is 2.11. The van der Waals surface area contributed by atoms with Crippen molar-refractivity contribution in [2.24, 2.45) is 0 Å². The van der Waals surface area contributed by atoms with Crippen LogP contribution in [-0.2, 0) is 19.1 Å². The highest BCUT2D eigenvalue weighted by Crippen LogP contribution is 2.15. The van der Waals surface area contributed by atoms with Gasteiger partial charge in [0, 0.05) is 11.4 Å². The van der Waals surface area contributed by atoms with E-state index < -0.39 is 18.0 Å². The Bertz CT molecular complexity index is 601. The highest BCUT2D eigenvalue weighted by molar-refractivity contribution is 6.30. The van der Waals surface area contributed by atoms with Gasteiger partial charge in [0.1, 0.15) is 11.6 Å². The van der Waals surface area contributed by atoms with Gasteiger partial charge in [0.2, 0.25) is 6.10 Å². The molecule has 1 atom stereocenters. The Hall–Kier alpha value is -2.32. The molecular weight excluding hydrogens is 282 g/mol. The quantitative estimate of drug-likeness (QED) is 0.484. The molecule has 1 unspecified atom stereocenters. The normalized spacial score (nSPS) is 18.3. The fourth-order valence-corrected chi connectivity index (χ4v) is 1.77. The first-order valence-corrected chi connectivity index (χ1v) is 6.23. The Morgan fingerprint density at radius 2 is 2.15 bits per heavy atom. The van der Waals surface area contributed by atoms with Crippen LogP contribution in [0.25, 0.3) is 6.08 Å². The summed E-state index contributed by atoms with van der Waals surface area (Å²) in [5.41, 5.74) is 0.448. The molecule has 0 saturated carbocycles. The van der Waals surface area contributed by atoms with Gasteiger partial charge in [0.05, 0.1) is 6.61 Å². The number of ether oxygens (including phenoxy) is 2. The van der Waals surface area contributed by atoms with Crippen LogP contribution < -0.4 is 0 Å². The number of rotatable bonds is 3. The van der Waals surface area contributed by atoms with Crippen molar-refractivity contribution in [1.29, 1.82) is 5.26 Å². The summed E-state index contributed by atoms with van der Waals surface area (Å²) in [6.07, 6.45) is 0.757. The summed E-state index contributed by atoms with van der Waals surface area (Å²) in [6, 6.07) is 8.36. The van der Waals surface area contributed by atoms with E-state index in [1.54, 1.807) is 30.3 Å². The van der Waals surface area contributed by atoms with E-state index >= 15 is 0 Å². The summed E-state index contributed by atoms with van der Waals surface area (Å²) in [5, 5.41) is 9.54. The van der Waals surface area contributed by atoms with E-state index in [1.165, 1.54) is 6.08 Å². The Labute approximate surface area is 120 Å². The second-order valence-electron chi connectivity index (χ2n) is 4.07. The minimum atomic E-state index is -0.926. The molecule has 0 aliphatic carbocycles. The Kier molecular flexibility index (Phi) is 4.38. The number of hydrogen-bond donors (Lipinski definition) is 0. The van der Waals surface area contributed by atoms with Crippen molar-refractivity contribution in [3.8, 4) is 6.07 Å². The SMILES string of the molecule is N#CC(=Cc1ccc(Cl)cc1)C(=O)OC1CCOC1=O. The van der Waals surface area contributed by atoms with Gasteiger partial charge in [-0.05, 0) is 23.8 Å². The Morgan fingerprint density at radius 1 is 1.45 bits per heavy atom. The van der Waals surface area contributed by atoms with Crippen molar-refractivity contribution >= 4 is 29.6 Å². The fourth-order valence-electron chi connectivity index (χ4n) is 1.64. The van der Waals surface area contributed by atoms with Gasteiger partial charge in [-0.25, -0.2) is 9.59 Å². The van der Waals surface area contributed by atoms with Gasteiger partial charge < -0.3 is 9.47 Å². The topological polar surface area (TPSA) is 76.4 Å². The molecule has 1 saturated heterocycles. The van der Waals surface area contributed by atoms with E-state index in [0.717, 1.165) is 0 Å². The average molecular weight is 292 g/mol. The molecule has 0 bridgehead atoms. The lowest BCUT2D eigenvalue weighted by Gasteiger charge is -2.07. The van der Waals surface area contributed by atoms with Crippen LogP contribution in [0.2, 0.25) is 5.02 Å². The standard InChI is InChI=1S/C14H10ClNO4/c15-11-3-1-9(2-4-11)7-10(8-16)13(17)20-12-5-6-19-14(12)18/h1-4,7,12H,5-6H2. The highest BCUT2D eigenvalue weighted by atomic mass is 35.5. The number of hydrogen-bond acceptors (Lipinski definition) is 5. The number of carbonyl (C=O) groups excluding carboxylic acids is 2. The molecule has 0 N–H and O–H groups in total. The maximum Gasteiger partial charge on any atom is 0.349 e. The van der Waals surface area contributed by atoms with Crippen LogP contribution in [0.15, 0.2) is 29.8 Å². The molecule has 102 valence electrons. The molecule has 0 spiro atoms. The van der Waals surface area contributed by atoms with Crippen molar-refractivity contribution in [3.05, 3.63) is 40.4 Å². The van der Waals surface area contributed by atoms with Crippen molar-refractivity contribution in [2.75, 3.05) is 6.61 Å². The van der Waals surface area contributed by atoms with E-state index in [9.17, 15) is 9.59 Å². The summed E-state index contributed by atoms with van der Waals surface area (Å²) in [4.78, 5) is 23.0. The average Bonchev–Trinajstić information content (AvgIpc) is 2.83. The van der Waals surface area contributed by atoms with Gasteiger partial charge in [0.15, 0.2) is 0 Å². The third-order valence-electron chi connectivity index (χ3n) is 2.66. The molecule has 1 aromatic carbocycles. The Morgan fingerprint density at radius 3 is 2.70 bits per heavy atom. The van der Waals surface area contributed by atoms with Crippen LogP contribution in [-0.4, -0.2) is 24.6 Å². The highest BCUT2D eigenvalue weighted by Gasteiger charge is 2.31. The van der Waals surface area contributed by atoms with Gasteiger partial charge in [-0.2, -0.15) is 5.26 Å². The molecule has 20 heavy (non-hydrogen) atoms. The van der Waals surface area contributed by atoms with Gasteiger partial charge >= 0.3 is 11.9 Å². The summed E-state index contributed by atoms with van der Waals surface area (Å²) >= 11 is 5.75. The molecule has 0 amide bonds. The molecule has 1 aliphatic rings. The van der Waals surface area contributed by atoms with Crippen LogP contribution in [0.3, 0.4) is 0 Å². The molecule has 2 rings (SSSR count). The zero-order chi connectivity index (χ0) is 14.5. The number of cyclic esters (lactones) is 1. The number of nitriles is 1. The second kappa shape index (κ2) is 6.22. The largest absolute Gasteiger partial charge is 0.463 e. The minimum Gasteiger partial charge on any atom is -0.463 e. The van der Waals surface area contributed by atoms with Crippen molar-refractivity contribution in [3.63, 3.8) is 0 Å². The van der Waals surface area contributed by atoms with E-state index in [2.05, 4.69) is 4.74 Å². The molecule has 0 aromatic heterocycles. The summed E-state index contributed by atoms with van der Waals surface area (Å²) < 4.78 is 9.62. The first-order chi connectivity index (χ1) is 9.60. The zero-order valence-electron chi connectivity index (χ0n) is 10.3. The summed E-state index contributed by atoms with van der Waals surface area (Å²) in [6.45, 7) is 0.222. The molecule has 1 aliphatic heterocycles. The van der Waals surface area contributed by atoms with E-state index in [0.29, 0.717) is 17.0 Å². The second-order valence-corrected chi connectivity index (χ2v) is 4.51. The first-order valence-electron chi connectivity index (χ1n) is 5.85. The zero-order valence-corrected chi connectivity index (χ0v) is 11.1. The van der Waals surface area contributed by atoms with Gasteiger partial charge in [-0.3, -0.25) is 0 Å². The van der Waals surface area contributed by atoms with E-state index in [-0.39, 0.29) is 12.2 Å². The number of esters is 2. The van der Waals surface area contributed by atoms with Crippen LogP contribution in [0.4, 0.5) is 0 Å². The lowest BCUT2D eigenvalue weighted by molar-refractivity contribution is -0.157. The summed E-state index contributed by atoms with van der Waals surface area (Å²) in [5.74, 6) is -1.42. The van der Waals surface area contributed by atoms with Crippen LogP contribution in [0.5, 0.6) is 0 Å². The maximum atomic E-state index is 11.8. The lowest BCUT2D eigenvalue weighted by Crippen LogP contribution is -2.23. The van der Waals surface area contributed by atoms with Crippen LogP contribution >= 0.6 is 11.6 Å². The van der Waals surface area contributed by atoms with Gasteiger partial charge in [0.25, 0.3) is 0 Å². The molecule has 1 heterocycles. The molecule has 1 aromatic rings. The number of carbonyl (C=O) groups is 2. The van der Waals surface area contributed by atoms with Gasteiger partial charge in [-0.15, -0.1) is 0 Å². The monoisotopic (exact) mass is 291 g/mol. The van der Waals surface area contributed by atoms with E-state index in [1.807, 2.05) is 0 Å². The third kappa shape index (κ3) is 3.37. The molecule has 1 fully saturated rings. The number of halogens is 1. The molecule has 6 heteroatoms. The van der Waals surface area contributed by atoms with Crippen molar-refractivity contribution < 1.29 is 19.1 Å². The predicted molar refractivity (Wildman–Crippen MR) is 70.5 cm³/mol. The first kappa shape index (κ1) is 14.1. The third-order valence-corrected chi connectivity index (χ3v) is 2.91. The smallest absolute Gasteiger partial charge is 0.349 e. The van der Waals surface area contributed by atoms with Crippen LogP contribution in [0, 0.1) is 11.3 Å². The molecular formula is C14H10ClNO4. The van der Waals surface area contributed by atoms with Gasteiger partial charge in [-0.1, -0.05) is 23.7 Å². The number of nitrogens with zero attached hydrogens (tertiary/aromatic N) is 1. The fraction of sp³-hybridized carbons (Fsp3) is 0.214. The van der Waals surface area contributed by atoms with Crippen molar-refractivity contribution in [1.82, 2.24) is 0 Å². The molecule has 5 nitrogen and oxygen atoms in total. The molecule has 0 radical (unpaired) electrons. The maximum absolute atomic E-state index is 11.8. The van der Waals surface area contributed by atoms with Crippen molar-refractivity contribution in [2.45, 2.75) is 12.5 Å². The summed E-state index contributed by atoms with van der Waals surface area (Å²) in [7, 11) is 0. The lowest BCUT2D eigenvalue weighted by atomic mass is 10.1. The predicted octanol–water partition coefficient (Wildman–Crippen LogP) is 2.11. The number of benzene rings is 1.